The fourth-order valence-corrected chi connectivity index (χ4v) is 2.03. The molecule has 2 rings (SSSR count). The van der Waals surface area contributed by atoms with Crippen LogP contribution in [0.2, 0.25) is 0 Å². The number of aromatic nitrogens is 2. The molecule has 5 nitrogen and oxygen atoms in total. The van der Waals surface area contributed by atoms with Gasteiger partial charge in [0.2, 0.25) is 0 Å². The van der Waals surface area contributed by atoms with Crippen LogP contribution in [-0.4, -0.2) is 36.1 Å². The fraction of sp³-hybridized carbons (Fsp3) is 0.357. The molecule has 0 saturated heterocycles. The van der Waals surface area contributed by atoms with Crippen molar-refractivity contribution in [3.8, 4) is 5.75 Å². The van der Waals surface area contributed by atoms with Gasteiger partial charge in [-0.05, 0) is 17.7 Å². The number of hydrogen-bond donors (Lipinski definition) is 1. The van der Waals surface area contributed by atoms with E-state index in [0.717, 1.165) is 11.3 Å². The number of hydrogen-bond acceptors (Lipinski definition) is 4. The number of methoxy groups -OCH3 is 1. The summed E-state index contributed by atoms with van der Waals surface area (Å²) in [5.41, 5.74) is 2.50. The number of aryl methyl sites for hydroxylation is 1. The Morgan fingerprint density at radius 3 is 2.74 bits per heavy atom. The lowest BCUT2D eigenvalue weighted by Gasteiger charge is -2.17. The third kappa shape index (κ3) is 2.56. The van der Waals surface area contributed by atoms with Gasteiger partial charge in [0.15, 0.2) is 5.75 Å². The average Bonchev–Trinajstić information content (AvgIpc) is 2.79. The van der Waals surface area contributed by atoms with Gasteiger partial charge in [-0.3, -0.25) is 4.68 Å². The van der Waals surface area contributed by atoms with Crippen molar-refractivity contribution in [2.45, 2.75) is 6.10 Å². The second kappa shape index (κ2) is 5.32. The Hall–Kier alpha value is -2.01. The Balaban J connectivity index is 2.41. The van der Waals surface area contributed by atoms with Gasteiger partial charge >= 0.3 is 0 Å². The molecule has 19 heavy (non-hydrogen) atoms. The Morgan fingerprint density at radius 1 is 1.37 bits per heavy atom. The van der Waals surface area contributed by atoms with Crippen LogP contribution in [0.25, 0.3) is 0 Å². The monoisotopic (exact) mass is 261 g/mol. The maximum atomic E-state index is 10.5. The third-order valence-corrected chi connectivity index (χ3v) is 3.13. The minimum absolute atomic E-state index is 0.588. The zero-order valence-electron chi connectivity index (χ0n) is 11.7. The lowest BCUT2D eigenvalue weighted by Crippen LogP contribution is -2.11. The van der Waals surface area contributed by atoms with Gasteiger partial charge in [-0.15, -0.1) is 0 Å². The van der Waals surface area contributed by atoms with Gasteiger partial charge in [0.25, 0.3) is 0 Å². The molecule has 1 atom stereocenters. The van der Waals surface area contributed by atoms with E-state index in [-0.39, 0.29) is 0 Å². The first-order valence-corrected chi connectivity index (χ1v) is 6.06. The molecule has 0 aliphatic heterocycles. The van der Waals surface area contributed by atoms with Crippen LogP contribution < -0.4 is 9.64 Å². The molecule has 1 unspecified atom stereocenters. The molecule has 0 spiro atoms. The van der Waals surface area contributed by atoms with E-state index in [2.05, 4.69) is 5.10 Å². The number of rotatable bonds is 4. The highest BCUT2D eigenvalue weighted by Gasteiger charge is 2.20. The quantitative estimate of drug-likeness (QED) is 0.907. The average molecular weight is 261 g/mol. The predicted molar refractivity (Wildman–Crippen MR) is 74.6 cm³/mol. The summed E-state index contributed by atoms with van der Waals surface area (Å²) >= 11 is 0. The summed E-state index contributed by atoms with van der Waals surface area (Å²) in [4.78, 5) is 2.00. The summed E-state index contributed by atoms with van der Waals surface area (Å²) in [7, 11) is 7.30. The standard InChI is InChI=1S/C14H19N3O2/c1-16(2)11-7-5-6-10(8-11)14(18)13-12(19-4)9-15-17(13)3/h5-9,14,18H,1-4H3. The van der Waals surface area contributed by atoms with Gasteiger partial charge in [0.1, 0.15) is 11.8 Å². The van der Waals surface area contributed by atoms with Gasteiger partial charge in [0, 0.05) is 26.8 Å². The molecule has 0 radical (unpaired) electrons. The Labute approximate surface area is 113 Å². The van der Waals surface area contributed by atoms with Crippen LogP contribution in [0.1, 0.15) is 17.4 Å². The summed E-state index contributed by atoms with van der Waals surface area (Å²) in [5.74, 6) is 0.588. The minimum Gasteiger partial charge on any atom is -0.493 e. The largest absolute Gasteiger partial charge is 0.493 e. The fourth-order valence-electron chi connectivity index (χ4n) is 2.03. The van der Waals surface area contributed by atoms with E-state index in [4.69, 9.17) is 4.74 Å². The highest BCUT2D eigenvalue weighted by atomic mass is 16.5. The van der Waals surface area contributed by atoms with Gasteiger partial charge in [-0.25, -0.2) is 0 Å². The molecule has 1 heterocycles. The molecule has 1 N–H and O–H groups in total. The molecule has 1 aromatic carbocycles. The normalized spacial score (nSPS) is 12.3. The van der Waals surface area contributed by atoms with E-state index in [1.807, 2.05) is 43.3 Å². The first-order valence-electron chi connectivity index (χ1n) is 6.06. The van der Waals surface area contributed by atoms with E-state index in [1.165, 1.54) is 0 Å². The van der Waals surface area contributed by atoms with Crippen LogP contribution >= 0.6 is 0 Å². The highest BCUT2D eigenvalue weighted by Crippen LogP contribution is 2.30. The molecular formula is C14H19N3O2. The summed E-state index contributed by atoms with van der Waals surface area (Å²) in [5, 5.41) is 14.6. The van der Waals surface area contributed by atoms with Crippen molar-refractivity contribution in [2.24, 2.45) is 7.05 Å². The van der Waals surface area contributed by atoms with E-state index >= 15 is 0 Å². The molecule has 1 aromatic heterocycles. The second-order valence-electron chi connectivity index (χ2n) is 4.61. The minimum atomic E-state index is -0.762. The number of anilines is 1. The second-order valence-corrected chi connectivity index (χ2v) is 4.61. The molecule has 2 aromatic rings. The molecule has 5 heteroatoms. The molecular weight excluding hydrogens is 242 g/mol. The summed E-state index contributed by atoms with van der Waals surface area (Å²) in [6, 6.07) is 7.77. The van der Waals surface area contributed by atoms with Crippen LogP contribution in [0.4, 0.5) is 5.69 Å². The van der Waals surface area contributed by atoms with Crippen molar-refractivity contribution in [3.63, 3.8) is 0 Å². The zero-order valence-corrected chi connectivity index (χ0v) is 11.7. The molecule has 0 aliphatic carbocycles. The van der Waals surface area contributed by atoms with Crippen molar-refractivity contribution in [1.29, 1.82) is 0 Å². The van der Waals surface area contributed by atoms with E-state index < -0.39 is 6.10 Å². The summed E-state index contributed by atoms with van der Waals surface area (Å²) < 4.78 is 6.86. The number of benzene rings is 1. The van der Waals surface area contributed by atoms with Gasteiger partial charge in [-0.2, -0.15) is 5.10 Å². The van der Waals surface area contributed by atoms with E-state index in [0.29, 0.717) is 11.4 Å². The number of aliphatic hydroxyl groups is 1. The summed E-state index contributed by atoms with van der Waals surface area (Å²) in [6.07, 6.45) is 0.844. The van der Waals surface area contributed by atoms with Crippen LogP contribution in [-0.2, 0) is 7.05 Å². The van der Waals surface area contributed by atoms with Crippen molar-refractivity contribution in [2.75, 3.05) is 26.1 Å². The first kappa shape index (κ1) is 13.4. The van der Waals surface area contributed by atoms with Crippen LogP contribution in [0.5, 0.6) is 5.75 Å². The molecule has 0 saturated carbocycles. The predicted octanol–water partition coefficient (Wildman–Crippen LogP) is 1.58. The Kier molecular flexibility index (Phi) is 3.76. The Morgan fingerprint density at radius 2 is 2.11 bits per heavy atom. The van der Waals surface area contributed by atoms with E-state index in [9.17, 15) is 5.11 Å². The highest BCUT2D eigenvalue weighted by molar-refractivity contribution is 5.49. The number of ether oxygens (including phenoxy) is 1. The first-order chi connectivity index (χ1) is 9.04. The molecule has 0 aliphatic rings. The topological polar surface area (TPSA) is 50.5 Å². The maximum absolute atomic E-state index is 10.5. The van der Waals surface area contributed by atoms with Crippen molar-refractivity contribution < 1.29 is 9.84 Å². The van der Waals surface area contributed by atoms with Crippen molar-refractivity contribution in [1.82, 2.24) is 9.78 Å². The molecule has 0 fully saturated rings. The van der Waals surface area contributed by atoms with Gasteiger partial charge in [0.05, 0.1) is 13.3 Å². The smallest absolute Gasteiger partial charge is 0.162 e. The van der Waals surface area contributed by atoms with Gasteiger partial charge < -0.3 is 14.7 Å². The van der Waals surface area contributed by atoms with E-state index in [1.54, 1.807) is 25.0 Å². The molecule has 102 valence electrons. The SMILES string of the molecule is COc1cnn(C)c1C(O)c1cccc(N(C)C)c1. The summed E-state index contributed by atoms with van der Waals surface area (Å²) in [6.45, 7) is 0. The van der Waals surface area contributed by atoms with Crippen molar-refractivity contribution in [3.05, 3.63) is 41.7 Å². The number of aliphatic hydroxyl groups excluding tert-OH is 1. The van der Waals surface area contributed by atoms with Crippen LogP contribution in [0.3, 0.4) is 0 Å². The van der Waals surface area contributed by atoms with Gasteiger partial charge in [-0.1, -0.05) is 12.1 Å². The van der Waals surface area contributed by atoms with Crippen LogP contribution in [0, 0.1) is 0 Å². The Bertz CT molecular complexity index is 564. The van der Waals surface area contributed by atoms with Crippen LogP contribution in [0.15, 0.2) is 30.5 Å². The van der Waals surface area contributed by atoms with Crippen molar-refractivity contribution >= 4 is 5.69 Å². The lowest BCUT2D eigenvalue weighted by molar-refractivity contribution is 0.204. The zero-order chi connectivity index (χ0) is 14.0. The third-order valence-electron chi connectivity index (χ3n) is 3.13. The molecule has 0 amide bonds. The maximum Gasteiger partial charge on any atom is 0.162 e. The molecule has 0 bridgehead atoms. The lowest BCUT2D eigenvalue weighted by atomic mass is 10.1. The number of nitrogens with zero attached hydrogens (tertiary/aromatic N) is 3.